The summed E-state index contributed by atoms with van der Waals surface area (Å²) in [7, 11) is 1.62. The molecule has 2 amide bonds. The van der Waals surface area contributed by atoms with Gasteiger partial charge in [-0.2, -0.15) is 5.26 Å². The molecule has 5 rings (SSSR count). The average molecular weight is 595 g/mol. The predicted octanol–water partition coefficient (Wildman–Crippen LogP) is 4.33. The number of benzene rings is 3. The van der Waals surface area contributed by atoms with Gasteiger partial charge in [0.05, 0.1) is 16.8 Å². The van der Waals surface area contributed by atoms with Crippen molar-refractivity contribution in [2.75, 3.05) is 61.5 Å². The topological polar surface area (TPSA) is 112 Å². The van der Waals surface area contributed by atoms with E-state index in [1.54, 1.807) is 13.1 Å². The van der Waals surface area contributed by atoms with Crippen molar-refractivity contribution in [3.63, 3.8) is 0 Å². The van der Waals surface area contributed by atoms with E-state index in [-0.39, 0.29) is 30.5 Å². The van der Waals surface area contributed by atoms with Crippen LogP contribution in [0.4, 0.5) is 17.1 Å². The Morgan fingerprint density at radius 2 is 1.64 bits per heavy atom. The molecule has 0 saturated carbocycles. The Kier molecular flexibility index (Phi) is 9.71. The van der Waals surface area contributed by atoms with Crippen LogP contribution < -0.4 is 20.4 Å². The smallest absolute Gasteiger partial charge is 0.254 e. The average Bonchev–Trinajstić information content (AvgIpc) is 3.05. The highest BCUT2D eigenvalue weighted by Gasteiger charge is 2.32. The third-order valence-corrected chi connectivity index (χ3v) is 8.94. The number of nitriles is 1. The Labute approximate surface area is 260 Å². The van der Waals surface area contributed by atoms with Crippen LogP contribution in [0, 0.1) is 25.2 Å². The lowest BCUT2D eigenvalue weighted by atomic mass is 9.98. The molecule has 0 radical (unpaired) electrons. The number of aryl methyl sites for hydroxylation is 2. The number of hydrogen-bond acceptors (Lipinski definition) is 7. The Balaban J connectivity index is 1.29. The second-order valence-electron chi connectivity index (χ2n) is 11.7. The van der Waals surface area contributed by atoms with Gasteiger partial charge in [-0.3, -0.25) is 9.59 Å². The van der Waals surface area contributed by atoms with Gasteiger partial charge in [0.25, 0.3) is 11.8 Å². The zero-order chi connectivity index (χ0) is 31.2. The molecular weight excluding hydrogens is 552 g/mol. The molecule has 3 N–H and O–H groups in total. The van der Waals surface area contributed by atoms with Crippen LogP contribution in [0.5, 0.6) is 0 Å². The summed E-state index contributed by atoms with van der Waals surface area (Å²) in [4.78, 5) is 32.9. The molecule has 44 heavy (non-hydrogen) atoms. The first-order valence-corrected chi connectivity index (χ1v) is 15.4. The number of para-hydroxylation sites is 2. The molecule has 0 spiro atoms. The highest BCUT2D eigenvalue weighted by molar-refractivity contribution is 6.00. The van der Waals surface area contributed by atoms with Crippen molar-refractivity contribution in [2.45, 2.75) is 45.2 Å². The first-order valence-electron chi connectivity index (χ1n) is 15.4. The third kappa shape index (κ3) is 6.51. The maximum absolute atomic E-state index is 14.0. The molecule has 0 unspecified atom stereocenters. The number of amides is 2. The largest absolute Gasteiger partial charge is 0.396 e. The lowest BCUT2D eigenvalue weighted by molar-refractivity contribution is 0.0711. The normalized spacial score (nSPS) is 17.2. The molecule has 9 nitrogen and oxygen atoms in total. The number of hydrogen-bond donors (Lipinski definition) is 3. The van der Waals surface area contributed by atoms with Crippen LogP contribution in [0.25, 0.3) is 0 Å². The first kappa shape index (κ1) is 30.9. The molecule has 0 aromatic heterocycles. The SMILES string of the molecule is CNC(=O)c1ccccc1N1CCN(C(=O)c2cc(NC3CCN(c4ccccc4C#N)CC3)c(C)cc2C)C[C@H]1CCO. The van der Waals surface area contributed by atoms with Gasteiger partial charge in [-0.05, 0) is 74.6 Å². The summed E-state index contributed by atoms with van der Waals surface area (Å²) in [6.07, 6.45) is 2.35. The zero-order valence-corrected chi connectivity index (χ0v) is 25.8. The molecule has 3 aromatic carbocycles. The molecule has 2 heterocycles. The molecule has 0 aliphatic carbocycles. The van der Waals surface area contributed by atoms with Gasteiger partial charge in [0.2, 0.25) is 0 Å². The number of carbonyl (C=O) groups is 2. The summed E-state index contributed by atoms with van der Waals surface area (Å²) in [6, 6.07) is 21.8. The number of piperazine rings is 1. The molecule has 2 aliphatic heterocycles. The summed E-state index contributed by atoms with van der Waals surface area (Å²) in [5.41, 5.74) is 6.79. The summed E-state index contributed by atoms with van der Waals surface area (Å²) < 4.78 is 0. The van der Waals surface area contributed by atoms with Crippen LogP contribution in [0.3, 0.4) is 0 Å². The highest BCUT2D eigenvalue weighted by atomic mass is 16.3. The van der Waals surface area contributed by atoms with Gasteiger partial charge < -0.3 is 30.4 Å². The fourth-order valence-corrected chi connectivity index (χ4v) is 6.54. The molecule has 2 saturated heterocycles. The van der Waals surface area contributed by atoms with Crippen LogP contribution in [0.1, 0.15) is 56.7 Å². The summed E-state index contributed by atoms with van der Waals surface area (Å²) in [5.74, 6) is -0.175. The van der Waals surface area contributed by atoms with Crippen molar-refractivity contribution in [1.29, 1.82) is 5.26 Å². The Morgan fingerprint density at radius 3 is 2.34 bits per heavy atom. The minimum absolute atomic E-state index is 0.0100. The van der Waals surface area contributed by atoms with E-state index in [1.807, 2.05) is 60.4 Å². The summed E-state index contributed by atoms with van der Waals surface area (Å²) in [6.45, 7) is 7.29. The maximum atomic E-state index is 14.0. The minimum atomic E-state index is -0.158. The molecule has 230 valence electrons. The lowest BCUT2D eigenvalue weighted by Gasteiger charge is -2.43. The Hall–Kier alpha value is -4.55. The van der Waals surface area contributed by atoms with E-state index >= 15 is 0 Å². The van der Waals surface area contributed by atoms with Crippen LogP contribution >= 0.6 is 0 Å². The Morgan fingerprint density at radius 1 is 0.932 bits per heavy atom. The predicted molar refractivity (Wildman–Crippen MR) is 175 cm³/mol. The fourth-order valence-electron chi connectivity index (χ4n) is 6.54. The number of piperidine rings is 1. The molecule has 9 heteroatoms. The highest BCUT2D eigenvalue weighted by Crippen LogP contribution is 2.30. The van der Waals surface area contributed by atoms with E-state index in [4.69, 9.17) is 0 Å². The first-order chi connectivity index (χ1) is 21.3. The van der Waals surface area contributed by atoms with Gasteiger partial charge >= 0.3 is 0 Å². The Bertz CT molecular complexity index is 1540. The zero-order valence-electron chi connectivity index (χ0n) is 25.8. The molecule has 3 aromatic rings. The van der Waals surface area contributed by atoms with E-state index in [1.165, 1.54) is 0 Å². The van der Waals surface area contributed by atoms with Crippen molar-refractivity contribution in [2.24, 2.45) is 0 Å². The second-order valence-corrected chi connectivity index (χ2v) is 11.7. The van der Waals surface area contributed by atoms with Gasteiger partial charge in [0, 0.05) is 75.4 Å². The van der Waals surface area contributed by atoms with Crippen LogP contribution in [0.2, 0.25) is 0 Å². The van der Waals surface area contributed by atoms with E-state index in [9.17, 15) is 20.0 Å². The standard InChI is InChI=1S/C35H42N6O3/c1-24-20-25(2)31(38-27-12-15-39(16-13-27)32-10-6-4-8-26(32)22-36)21-30(24)35(44)40-17-18-41(28(23-40)14-19-42)33-11-7-5-9-29(33)34(43)37-3/h4-11,20-21,27-28,38,42H,12-19,23H2,1-3H3,(H,37,43)/t28-/m1/s1. The van der Waals surface area contributed by atoms with Crippen molar-refractivity contribution >= 4 is 28.9 Å². The monoisotopic (exact) mass is 594 g/mol. The number of nitrogens with zero attached hydrogens (tertiary/aromatic N) is 4. The number of anilines is 3. The van der Waals surface area contributed by atoms with Crippen molar-refractivity contribution in [3.8, 4) is 6.07 Å². The van der Waals surface area contributed by atoms with E-state index in [2.05, 4.69) is 39.5 Å². The molecular formula is C35H42N6O3. The molecule has 2 fully saturated rings. The molecule has 0 bridgehead atoms. The van der Waals surface area contributed by atoms with E-state index in [0.717, 1.165) is 54.1 Å². The number of aliphatic hydroxyl groups is 1. The molecule has 1 atom stereocenters. The fraction of sp³-hybridized carbons (Fsp3) is 0.400. The van der Waals surface area contributed by atoms with Gasteiger partial charge in [0.1, 0.15) is 6.07 Å². The van der Waals surface area contributed by atoms with Crippen molar-refractivity contribution in [1.82, 2.24) is 10.2 Å². The van der Waals surface area contributed by atoms with Crippen molar-refractivity contribution < 1.29 is 14.7 Å². The molecule has 2 aliphatic rings. The quantitative estimate of drug-likeness (QED) is 0.356. The number of aliphatic hydroxyl groups excluding tert-OH is 1. The van der Waals surface area contributed by atoms with E-state index in [0.29, 0.717) is 42.7 Å². The van der Waals surface area contributed by atoms with Crippen molar-refractivity contribution in [3.05, 3.63) is 88.5 Å². The second kappa shape index (κ2) is 13.8. The maximum Gasteiger partial charge on any atom is 0.254 e. The van der Waals surface area contributed by atoms with E-state index < -0.39 is 0 Å². The summed E-state index contributed by atoms with van der Waals surface area (Å²) >= 11 is 0. The third-order valence-electron chi connectivity index (χ3n) is 8.94. The van der Waals surface area contributed by atoms with Crippen LogP contribution in [0.15, 0.2) is 60.7 Å². The van der Waals surface area contributed by atoms with Gasteiger partial charge in [-0.1, -0.05) is 30.3 Å². The van der Waals surface area contributed by atoms with Crippen LogP contribution in [-0.2, 0) is 0 Å². The van der Waals surface area contributed by atoms with Gasteiger partial charge in [0.15, 0.2) is 0 Å². The number of nitrogens with one attached hydrogen (secondary N) is 2. The lowest BCUT2D eigenvalue weighted by Crippen LogP contribution is -2.55. The summed E-state index contributed by atoms with van der Waals surface area (Å²) in [5, 5.41) is 25.8. The van der Waals surface area contributed by atoms with Gasteiger partial charge in [-0.15, -0.1) is 0 Å². The number of rotatable bonds is 8. The van der Waals surface area contributed by atoms with Crippen LogP contribution in [-0.4, -0.2) is 80.3 Å². The number of carbonyl (C=O) groups excluding carboxylic acids is 2. The van der Waals surface area contributed by atoms with Gasteiger partial charge in [-0.25, -0.2) is 0 Å². The minimum Gasteiger partial charge on any atom is -0.396 e.